The minimum absolute atomic E-state index is 0.0681. The Morgan fingerprint density at radius 2 is 2.12 bits per heavy atom. The Kier molecular flexibility index (Phi) is 4.14. The van der Waals surface area contributed by atoms with Crippen molar-refractivity contribution in [2.45, 2.75) is 45.3 Å². The molecule has 0 radical (unpaired) electrons. The van der Waals surface area contributed by atoms with Crippen LogP contribution in [0.4, 0.5) is 4.79 Å². The van der Waals surface area contributed by atoms with E-state index in [1.807, 2.05) is 27.7 Å². The Balaban J connectivity index is 2.49. The van der Waals surface area contributed by atoms with E-state index in [2.05, 4.69) is 0 Å². The van der Waals surface area contributed by atoms with E-state index in [1.54, 1.807) is 4.90 Å². The molecule has 0 spiro atoms. The first-order valence-corrected chi connectivity index (χ1v) is 5.81. The Bertz CT molecular complexity index is 297. The van der Waals surface area contributed by atoms with E-state index < -0.39 is 11.2 Å². The third-order valence-corrected chi connectivity index (χ3v) is 2.59. The molecule has 0 N–H and O–H groups in total. The second-order valence-corrected chi connectivity index (χ2v) is 5.58. The van der Waals surface area contributed by atoms with Crippen LogP contribution in [-0.2, 0) is 14.3 Å². The smallest absolute Gasteiger partial charge is 0.410 e. The van der Waals surface area contributed by atoms with Gasteiger partial charge in [-0.1, -0.05) is 0 Å². The number of hydrogen-bond acceptors (Lipinski definition) is 4. The maximum absolute atomic E-state index is 11.8. The summed E-state index contributed by atoms with van der Waals surface area (Å²) in [7, 11) is 0. The van der Waals surface area contributed by atoms with Crippen molar-refractivity contribution in [3.63, 3.8) is 0 Å². The van der Waals surface area contributed by atoms with Gasteiger partial charge in [-0.3, -0.25) is 0 Å². The minimum Gasteiger partial charge on any atom is -0.444 e. The predicted molar refractivity (Wildman–Crippen MR) is 62.8 cm³/mol. The van der Waals surface area contributed by atoms with E-state index in [-0.39, 0.29) is 12.7 Å². The normalized spacial score (nSPS) is 24.8. The van der Waals surface area contributed by atoms with Crippen LogP contribution in [0.2, 0.25) is 0 Å². The van der Waals surface area contributed by atoms with Crippen LogP contribution in [-0.4, -0.2) is 48.2 Å². The Morgan fingerprint density at radius 3 is 2.65 bits per heavy atom. The third-order valence-electron chi connectivity index (χ3n) is 2.59. The van der Waals surface area contributed by atoms with Gasteiger partial charge in [-0.25, -0.2) is 4.79 Å². The van der Waals surface area contributed by atoms with Crippen molar-refractivity contribution in [1.82, 2.24) is 4.90 Å². The summed E-state index contributed by atoms with van der Waals surface area (Å²) in [6, 6.07) is 0. The molecule has 1 amide bonds. The molecule has 1 aliphatic rings. The van der Waals surface area contributed by atoms with E-state index in [1.165, 1.54) is 0 Å². The average molecular weight is 243 g/mol. The fourth-order valence-corrected chi connectivity index (χ4v) is 1.77. The first kappa shape index (κ1) is 14.0. The van der Waals surface area contributed by atoms with Gasteiger partial charge < -0.3 is 19.2 Å². The molecule has 1 unspecified atom stereocenters. The lowest BCUT2D eigenvalue weighted by atomic mass is 10.1. The van der Waals surface area contributed by atoms with Gasteiger partial charge in [0, 0.05) is 6.54 Å². The van der Waals surface area contributed by atoms with Gasteiger partial charge >= 0.3 is 6.09 Å². The van der Waals surface area contributed by atoms with Gasteiger partial charge in [0.1, 0.15) is 18.5 Å². The van der Waals surface area contributed by atoms with Gasteiger partial charge in [0.15, 0.2) is 0 Å². The molecule has 1 rings (SSSR count). The number of nitrogens with zero attached hydrogens (tertiary/aromatic N) is 1. The lowest BCUT2D eigenvalue weighted by Gasteiger charge is -2.26. The molecule has 0 aromatic carbocycles. The second-order valence-electron chi connectivity index (χ2n) is 5.58. The van der Waals surface area contributed by atoms with Crippen LogP contribution in [0.5, 0.6) is 0 Å². The summed E-state index contributed by atoms with van der Waals surface area (Å²) in [5.41, 5.74) is -0.919. The van der Waals surface area contributed by atoms with Crippen molar-refractivity contribution in [3.05, 3.63) is 0 Å². The Hall–Kier alpha value is -1.10. The maximum atomic E-state index is 11.8. The number of ether oxygens (including phenoxy) is 2. The van der Waals surface area contributed by atoms with Crippen molar-refractivity contribution in [2.24, 2.45) is 0 Å². The summed E-state index contributed by atoms with van der Waals surface area (Å²) in [4.78, 5) is 23.7. The minimum atomic E-state index is -0.486. The fourth-order valence-electron chi connectivity index (χ4n) is 1.77. The summed E-state index contributed by atoms with van der Waals surface area (Å²) in [5, 5.41) is 0. The van der Waals surface area contributed by atoms with E-state index in [9.17, 15) is 9.59 Å². The Morgan fingerprint density at radius 1 is 1.47 bits per heavy atom. The number of aldehydes is 1. The highest BCUT2D eigenvalue weighted by molar-refractivity contribution is 5.68. The number of rotatable bonds is 3. The second kappa shape index (κ2) is 5.04. The first-order chi connectivity index (χ1) is 7.76. The van der Waals surface area contributed by atoms with Gasteiger partial charge in [-0.15, -0.1) is 0 Å². The maximum Gasteiger partial charge on any atom is 0.410 e. The van der Waals surface area contributed by atoms with Crippen molar-refractivity contribution >= 4 is 12.4 Å². The van der Waals surface area contributed by atoms with E-state index in [0.717, 1.165) is 12.7 Å². The molecule has 17 heavy (non-hydrogen) atoms. The number of carbonyl (C=O) groups is 2. The largest absolute Gasteiger partial charge is 0.444 e. The van der Waals surface area contributed by atoms with Crippen LogP contribution in [0, 0.1) is 0 Å². The molecule has 1 aliphatic heterocycles. The highest BCUT2D eigenvalue weighted by atomic mass is 16.6. The van der Waals surface area contributed by atoms with Crippen LogP contribution >= 0.6 is 0 Å². The van der Waals surface area contributed by atoms with Crippen LogP contribution in [0.15, 0.2) is 0 Å². The van der Waals surface area contributed by atoms with Gasteiger partial charge in [0.05, 0.1) is 12.1 Å². The summed E-state index contributed by atoms with van der Waals surface area (Å²) in [5.74, 6) is 0. The average Bonchev–Trinajstić information content (AvgIpc) is 2.56. The lowest BCUT2D eigenvalue weighted by Crippen LogP contribution is -2.39. The molecule has 5 heteroatoms. The van der Waals surface area contributed by atoms with E-state index in [4.69, 9.17) is 9.47 Å². The number of carbonyl (C=O) groups excluding carboxylic acids is 2. The Labute approximate surface area is 102 Å². The monoisotopic (exact) mass is 243 g/mol. The number of hydrogen-bond donors (Lipinski definition) is 0. The highest BCUT2D eigenvalue weighted by Gasteiger charge is 2.38. The summed E-state index contributed by atoms with van der Waals surface area (Å²) in [6.45, 7) is 8.55. The standard InChI is InChI=1S/C12H21NO4/c1-11(2,3)17-10(15)13-6-5-12(4,9-13)16-8-7-14/h7H,5-6,8-9H2,1-4H3. The van der Waals surface area contributed by atoms with Crippen molar-refractivity contribution in [2.75, 3.05) is 19.7 Å². The number of amides is 1. The molecule has 0 aromatic rings. The summed E-state index contributed by atoms with van der Waals surface area (Å²) >= 11 is 0. The summed E-state index contributed by atoms with van der Waals surface area (Å²) < 4.78 is 10.7. The van der Waals surface area contributed by atoms with Crippen molar-refractivity contribution in [1.29, 1.82) is 0 Å². The SMILES string of the molecule is CC(C)(C)OC(=O)N1CCC(C)(OCC=O)C1. The van der Waals surface area contributed by atoms with Crippen LogP contribution in [0.25, 0.3) is 0 Å². The number of likely N-dealkylation sites (tertiary alicyclic amines) is 1. The van der Waals surface area contributed by atoms with Gasteiger partial charge in [-0.05, 0) is 34.1 Å². The lowest BCUT2D eigenvalue weighted by molar-refractivity contribution is -0.117. The van der Waals surface area contributed by atoms with Gasteiger partial charge in [0.2, 0.25) is 0 Å². The highest BCUT2D eigenvalue weighted by Crippen LogP contribution is 2.26. The predicted octanol–water partition coefficient (Wildman–Crippen LogP) is 1.60. The van der Waals surface area contributed by atoms with Crippen LogP contribution in [0.1, 0.15) is 34.1 Å². The zero-order valence-corrected chi connectivity index (χ0v) is 11.0. The molecule has 1 atom stereocenters. The molecule has 0 saturated carbocycles. The third kappa shape index (κ3) is 4.34. The van der Waals surface area contributed by atoms with Crippen molar-refractivity contribution in [3.8, 4) is 0 Å². The zero-order valence-electron chi connectivity index (χ0n) is 11.0. The van der Waals surface area contributed by atoms with Crippen LogP contribution in [0.3, 0.4) is 0 Å². The van der Waals surface area contributed by atoms with Gasteiger partial charge in [0.25, 0.3) is 0 Å². The summed E-state index contributed by atoms with van der Waals surface area (Å²) in [6.07, 6.45) is 1.12. The molecule has 0 bridgehead atoms. The molecule has 0 aliphatic carbocycles. The van der Waals surface area contributed by atoms with E-state index in [0.29, 0.717) is 13.1 Å². The first-order valence-electron chi connectivity index (χ1n) is 5.81. The van der Waals surface area contributed by atoms with E-state index >= 15 is 0 Å². The molecule has 5 nitrogen and oxygen atoms in total. The molecule has 98 valence electrons. The fraction of sp³-hybridized carbons (Fsp3) is 0.833. The zero-order chi connectivity index (χ0) is 13.1. The van der Waals surface area contributed by atoms with Crippen molar-refractivity contribution < 1.29 is 19.1 Å². The molecular formula is C12H21NO4. The quantitative estimate of drug-likeness (QED) is 0.706. The topological polar surface area (TPSA) is 55.8 Å². The molecular weight excluding hydrogens is 222 g/mol. The molecule has 0 aromatic heterocycles. The van der Waals surface area contributed by atoms with Crippen LogP contribution < -0.4 is 0 Å². The molecule has 1 fully saturated rings. The molecule has 1 heterocycles. The molecule has 1 saturated heterocycles. The van der Waals surface area contributed by atoms with Gasteiger partial charge in [-0.2, -0.15) is 0 Å².